The van der Waals surface area contributed by atoms with Crippen LogP contribution in [0.15, 0.2) is 56.8 Å². The summed E-state index contributed by atoms with van der Waals surface area (Å²) >= 11 is 1.49. The Morgan fingerprint density at radius 3 is 2.71 bits per heavy atom. The lowest BCUT2D eigenvalue weighted by atomic mass is 10.2. The molecule has 3 rings (SSSR count). The number of rotatable bonds is 3. The monoisotopic (exact) mass is 295 g/mol. The standard InChI is InChI=1S/C14H9N5OS/c15-8-9-4-1-2-5-10(9)16-18-13-12(17-19-14(13)20)11-6-3-7-21-11/h1-7H,(H2,17,19,20). The van der Waals surface area contributed by atoms with Crippen LogP contribution in [0.2, 0.25) is 0 Å². The summed E-state index contributed by atoms with van der Waals surface area (Å²) in [5.74, 6) is 0. The third kappa shape index (κ3) is 2.52. The smallest absolute Gasteiger partial charge is 0.292 e. The molecule has 0 spiro atoms. The second-order valence-corrected chi connectivity index (χ2v) is 5.06. The lowest BCUT2D eigenvalue weighted by molar-refractivity contribution is 1.06. The van der Waals surface area contributed by atoms with E-state index >= 15 is 0 Å². The molecule has 0 aliphatic heterocycles. The predicted octanol–water partition coefficient (Wildman–Crippen LogP) is 3.72. The maximum Gasteiger partial charge on any atom is 0.292 e. The molecule has 2 heterocycles. The second kappa shape index (κ2) is 5.56. The van der Waals surface area contributed by atoms with E-state index in [0.29, 0.717) is 16.9 Å². The van der Waals surface area contributed by atoms with Crippen molar-refractivity contribution < 1.29 is 0 Å². The number of hydrogen-bond donors (Lipinski definition) is 2. The Kier molecular flexibility index (Phi) is 3.45. The zero-order chi connectivity index (χ0) is 14.7. The average Bonchev–Trinajstić information content (AvgIpc) is 3.15. The van der Waals surface area contributed by atoms with Gasteiger partial charge in [-0.3, -0.25) is 15.0 Å². The Balaban J connectivity index is 2.03. The van der Waals surface area contributed by atoms with Crippen LogP contribution in [-0.2, 0) is 0 Å². The van der Waals surface area contributed by atoms with Crippen LogP contribution in [0.3, 0.4) is 0 Å². The number of aromatic nitrogens is 2. The molecule has 0 aliphatic carbocycles. The summed E-state index contributed by atoms with van der Waals surface area (Å²) in [4.78, 5) is 12.7. The summed E-state index contributed by atoms with van der Waals surface area (Å²) < 4.78 is 0. The van der Waals surface area contributed by atoms with Gasteiger partial charge >= 0.3 is 0 Å². The number of nitrogens with one attached hydrogen (secondary N) is 2. The summed E-state index contributed by atoms with van der Waals surface area (Å²) in [6.45, 7) is 0. The molecule has 1 aromatic carbocycles. The molecule has 6 nitrogen and oxygen atoms in total. The molecule has 0 atom stereocenters. The molecule has 0 fully saturated rings. The molecule has 3 aromatic rings. The highest BCUT2D eigenvalue weighted by atomic mass is 32.1. The summed E-state index contributed by atoms with van der Waals surface area (Å²) in [5, 5.41) is 24.2. The van der Waals surface area contributed by atoms with Gasteiger partial charge in [0.25, 0.3) is 5.56 Å². The number of azo groups is 1. The zero-order valence-electron chi connectivity index (χ0n) is 10.7. The highest BCUT2D eigenvalue weighted by Crippen LogP contribution is 2.30. The van der Waals surface area contributed by atoms with Gasteiger partial charge in [-0.1, -0.05) is 18.2 Å². The number of nitrogens with zero attached hydrogens (tertiary/aromatic N) is 3. The minimum Gasteiger partial charge on any atom is -0.294 e. The molecule has 0 unspecified atom stereocenters. The van der Waals surface area contributed by atoms with Gasteiger partial charge in [0.2, 0.25) is 0 Å². The fourth-order valence-electron chi connectivity index (χ4n) is 1.80. The molecule has 0 aliphatic rings. The van der Waals surface area contributed by atoms with Gasteiger partial charge in [0, 0.05) is 0 Å². The van der Waals surface area contributed by atoms with Crippen molar-refractivity contribution in [3.63, 3.8) is 0 Å². The van der Waals surface area contributed by atoms with Crippen LogP contribution in [0, 0.1) is 11.3 Å². The van der Waals surface area contributed by atoms with Gasteiger partial charge in [-0.2, -0.15) is 5.26 Å². The molecular weight excluding hydrogens is 286 g/mol. The van der Waals surface area contributed by atoms with E-state index in [0.717, 1.165) is 4.88 Å². The van der Waals surface area contributed by atoms with Gasteiger partial charge in [0.05, 0.1) is 10.4 Å². The fourth-order valence-corrected chi connectivity index (χ4v) is 2.53. The van der Waals surface area contributed by atoms with Crippen molar-refractivity contribution in [2.45, 2.75) is 0 Å². The van der Waals surface area contributed by atoms with E-state index in [-0.39, 0.29) is 11.2 Å². The van der Waals surface area contributed by atoms with Crippen LogP contribution in [-0.4, -0.2) is 10.2 Å². The largest absolute Gasteiger partial charge is 0.294 e. The first-order chi connectivity index (χ1) is 10.3. The van der Waals surface area contributed by atoms with E-state index < -0.39 is 0 Å². The summed E-state index contributed by atoms with van der Waals surface area (Å²) in [7, 11) is 0. The highest BCUT2D eigenvalue weighted by Gasteiger charge is 2.12. The number of hydrogen-bond acceptors (Lipinski definition) is 5. The number of H-pyrrole nitrogens is 2. The Bertz CT molecular complexity index is 883. The molecular formula is C14H9N5OS. The molecule has 102 valence electrons. The van der Waals surface area contributed by atoms with Gasteiger partial charge in [-0.05, 0) is 23.6 Å². The van der Waals surface area contributed by atoms with Crippen LogP contribution in [0.4, 0.5) is 11.4 Å². The third-order valence-electron chi connectivity index (χ3n) is 2.80. The van der Waals surface area contributed by atoms with Crippen LogP contribution < -0.4 is 5.56 Å². The lowest BCUT2D eigenvalue weighted by Crippen LogP contribution is -1.96. The quantitative estimate of drug-likeness (QED) is 0.720. The Morgan fingerprint density at radius 2 is 1.95 bits per heavy atom. The molecule has 7 heteroatoms. The normalized spacial score (nSPS) is 10.8. The van der Waals surface area contributed by atoms with Gasteiger partial charge in [-0.25, -0.2) is 0 Å². The minimum absolute atomic E-state index is 0.199. The molecule has 0 saturated carbocycles. The molecule has 21 heavy (non-hydrogen) atoms. The molecule has 0 saturated heterocycles. The first-order valence-electron chi connectivity index (χ1n) is 6.05. The fraction of sp³-hybridized carbons (Fsp3) is 0. The Labute approximate surface area is 123 Å². The van der Waals surface area contributed by atoms with Crippen LogP contribution >= 0.6 is 11.3 Å². The van der Waals surface area contributed by atoms with E-state index in [1.165, 1.54) is 11.3 Å². The topological polar surface area (TPSA) is 97.2 Å². The van der Waals surface area contributed by atoms with Gasteiger partial charge in [-0.15, -0.1) is 21.6 Å². The molecule has 0 radical (unpaired) electrons. The number of nitriles is 1. The summed E-state index contributed by atoms with van der Waals surface area (Å²) in [6, 6.07) is 12.6. The van der Waals surface area contributed by atoms with Crippen molar-refractivity contribution >= 4 is 22.7 Å². The van der Waals surface area contributed by atoms with Crippen molar-refractivity contribution in [3.05, 3.63) is 57.7 Å². The number of benzene rings is 1. The minimum atomic E-state index is -0.350. The third-order valence-corrected chi connectivity index (χ3v) is 3.69. The molecule has 2 aromatic heterocycles. The van der Waals surface area contributed by atoms with Gasteiger partial charge in [0.1, 0.15) is 17.5 Å². The van der Waals surface area contributed by atoms with Crippen LogP contribution in [0.1, 0.15) is 5.56 Å². The van der Waals surface area contributed by atoms with Crippen molar-refractivity contribution in [1.29, 1.82) is 5.26 Å². The molecule has 2 N–H and O–H groups in total. The van der Waals surface area contributed by atoms with Crippen LogP contribution in [0.25, 0.3) is 10.6 Å². The molecule has 0 bridgehead atoms. The van der Waals surface area contributed by atoms with Crippen molar-refractivity contribution in [3.8, 4) is 16.6 Å². The SMILES string of the molecule is N#Cc1ccccc1N=Nc1c(-c2cccs2)[nH][nH]c1=O. The maximum absolute atomic E-state index is 11.8. The highest BCUT2D eigenvalue weighted by molar-refractivity contribution is 7.13. The van der Waals surface area contributed by atoms with E-state index in [4.69, 9.17) is 5.26 Å². The first-order valence-corrected chi connectivity index (χ1v) is 6.93. The summed E-state index contributed by atoms with van der Waals surface area (Å²) in [6.07, 6.45) is 0. The predicted molar refractivity (Wildman–Crippen MR) is 80.1 cm³/mol. The van der Waals surface area contributed by atoms with E-state index in [1.807, 2.05) is 23.6 Å². The number of aromatic amines is 2. The van der Waals surface area contributed by atoms with Crippen molar-refractivity contribution in [1.82, 2.24) is 10.2 Å². The second-order valence-electron chi connectivity index (χ2n) is 4.11. The first kappa shape index (κ1) is 13.0. The van der Waals surface area contributed by atoms with E-state index in [2.05, 4.69) is 20.4 Å². The average molecular weight is 295 g/mol. The van der Waals surface area contributed by atoms with E-state index in [1.54, 1.807) is 24.3 Å². The lowest BCUT2D eigenvalue weighted by Gasteiger charge is -1.95. The van der Waals surface area contributed by atoms with Gasteiger partial charge in [0.15, 0.2) is 5.69 Å². The van der Waals surface area contributed by atoms with Crippen molar-refractivity contribution in [2.75, 3.05) is 0 Å². The Hall–Kier alpha value is -2.98. The van der Waals surface area contributed by atoms with Crippen molar-refractivity contribution in [2.24, 2.45) is 10.2 Å². The zero-order valence-corrected chi connectivity index (χ0v) is 11.5. The Morgan fingerprint density at radius 1 is 1.10 bits per heavy atom. The summed E-state index contributed by atoms with van der Waals surface area (Å²) in [5.41, 5.74) is 1.28. The molecule has 0 amide bonds. The maximum atomic E-state index is 11.8. The number of thiophene rings is 1. The van der Waals surface area contributed by atoms with Gasteiger partial charge < -0.3 is 0 Å². The van der Waals surface area contributed by atoms with Crippen LogP contribution in [0.5, 0.6) is 0 Å². The van der Waals surface area contributed by atoms with E-state index in [9.17, 15) is 4.79 Å².